The third-order valence-corrected chi connectivity index (χ3v) is 15.4. The lowest BCUT2D eigenvalue weighted by atomic mass is 9.78. The number of carbonyl (C=O) groups is 1. The molecular formula is C45H78O11. The highest BCUT2D eigenvalue weighted by atomic mass is 16.7. The van der Waals surface area contributed by atoms with Gasteiger partial charge in [-0.25, -0.2) is 0 Å². The van der Waals surface area contributed by atoms with E-state index in [4.69, 9.17) is 42.6 Å². The first kappa shape index (κ1) is 44.7. The number of hydrogen-bond donors (Lipinski definition) is 1. The van der Waals surface area contributed by atoms with Crippen LogP contribution in [0.4, 0.5) is 0 Å². The molecule has 6 rings (SSSR count). The molecule has 3 unspecified atom stereocenters. The fourth-order valence-electron chi connectivity index (χ4n) is 11.9. The molecule has 0 aromatic heterocycles. The topological polar surface area (TPSA) is 120 Å². The summed E-state index contributed by atoms with van der Waals surface area (Å²) in [6.07, 6.45) is 7.48. The highest BCUT2D eigenvalue weighted by molar-refractivity contribution is 5.71. The Morgan fingerprint density at radius 3 is 2.21 bits per heavy atom. The Balaban J connectivity index is 1.12. The summed E-state index contributed by atoms with van der Waals surface area (Å²) in [6.45, 7) is 23.7. The Hall–Kier alpha value is -0.890. The van der Waals surface area contributed by atoms with Crippen LogP contribution in [0.5, 0.6) is 0 Å². The first-order chi connectivity index (χ1) is 26.3. The van der Waals surface area contributed by atoms with Crippen LogP contribution in [0.1, 0.15) is 134 Å². The molecule has 1 spiro atoms. The van der Waals surface area contributed by atoms with Crippen LogP contribution in [0.25, 0.3) is 0 Å². The van der Waals surface area contributed by atoms with E-state index in [2.05, 4.69) is 62.3 Å². The molecule has 0 aromatic carbocycles. The van der Waals surface area contributed by atoms with Gasteiger partial charge in [0.05, 0.1) is 66.0 Å². The normalized spacial score (nSPS) is 50.5. The molecule has 0 saturated carbocycles. The monoisotopic (exact) mass is 795 g/mol. The summed E-state index contributed by atoms with van der Waals surface area (Å²) in [7, 11) is 3.46. The zero-order valence-corrected chi connectivity index (χ0v) is 37.0. The SMILES string of the molecule is CO[C@@H]1C[C@@H](C[C@H]2CC[C@H](C)[C@H]([C@@H](C)CO)O2)OC2(O[C@](C)([C@H]3CC[C@@](C)([C@@H]4O[C@@H]([C@H]5O[C@](COC(=O)C(C)C)(OC)C(C)CC5C)C[C@@H]4C)O3)C[C@H]2C)[C@@H]1C. The second kappa shape index (κ2) is 17.2. The molecule has 0 bridgehead atoms. The lowest BCUT2D eigenvalue weighted by Crippen LogP contribution is -2.58. The van der Waals surface area contributed by atoms with Crippen LogP contribution in [-0.4, -0.2) is 110 Å². The van der Waals surface area contributed by atoms with Gasteiger partial charge >= 0.3 is 5.97 Å². The van der Waals surface area contributed by atoms with Crippen LogP contribution in [0.15, 0.2) is 0 Å². The van der Waals surface area contributed by atoms with Gasteiger partial charge in [0, 0.05) is 57.3 Å². The van der Waals surface area contributed by atoms with Gasteiger partial charge in [0.1, 0.15) is 6.61 Å². The molecule has 324 valence electrons. The van der Waals surface area contributed by atoms with E-state index in [-0.39, 0.29) is 109 Å². The van der Waals surface area contributed by atoms with Gasteiger partial charge in [0.2, 0.25) is 5.79 Å². The van der Waals surface area contributed by atoms with Gasteiger partial charge in [0.25, 0.3) is 0 Å². The number of esters is 1. The minimum absolute atomic E-state index is 0.000790. The maximum atomic E-state index is 12.4. The highest BCUT2D eigenvalue weighted by Crippen LogP contribution is 2.57. The Labute approximate surface area is 338 Å². The summed E-state index contributed by atoms with van der Waals surface area (Å²) in [5.74, 6) is -1.05. The van der Waals surface area contributed by atoms with Crippen molar-refractivity contribution < 1.29 is 52.5 Å². The fourth-order valence-corrected chi connectivity index (χ4v) is 11.9. The molecule has 0 radical (unpaired) electrons. The largest absolute Gasteiger partial charge is 0.460 e. The first-order valence-corrected chi connectivity index (χ1v) is 22.2. The molecule has 6 aliphatic rings. The summed E-state index contributed by atoms with van der Waals surface area (Å²) in [6, 6.07) is 0. The quantitative estimate of drug-likeness (QED) is 0.198. The van der Waals surface area contributed by atoms with Crippen molar-refractivity contribution in [3.8, 4) is 0 Å². The molecule has 19 atom stereocenters. The highest BCUT2D eigenvalue weighted by Gasteiger charge is 2.65. The van der Waals surface area contributed by atoms with Crippen LogP contribution in [0.2, 0.25) is 0 Å². The number of hydrogen-bond acceptors (Lipinski definition) is 11. The molecule has 1 N–H and O–H groups in total. The van der Waals surface area contributed by atoms with Crippen LogP contribution in [0.3, 0.4) is 0 Å². The maximum absolute atomic E-state index is 12.4. The maximum Gasteiger partial charge on any atom is 0.308 e. The number of aliphatic hydroxyl groups excluding tert-OH is 1. The van der Waals surface area contributed by atoms with Crippen LogP contribution >= 0.6 is 0 Å². The Morgan fingerprint density at radius 2 is 1.55 bits per heavy atom. The summed E-state index contributed by atoms with van der Waals surface area (Å²) < 4.78 is 60.1. The molecule has 11 nitrogen and oxygen atoms in total. The van der Waals surface area contributed by atoms with E-state index in [0.29, 0.717) is 5.92 Å². The summed E-state index contributed by atoms with van der Waals surface area (Å²) in [5, 5.41) is 9.90. The van der Waals surface area contributed by atoms with Gasteiger partial charge in [-0.3, -0.25) is 4.79 Å². The third-order valence-electron chi connectivity index (χ3n) is 15.4. The van der Waals surface area contributed by atoms with Crippen molar-refractivity contribution in [2.24, 2.45) is 47.3 Å². The van der Waals surface area contributed by atoms with Crippen LogP contribution < -0.4 is 0 Å². The number of methoxy groups -OCH3 is 2. The Bertz CT molecular complexity index is 1330. The average molecular weight is 795 g/mol. The zero-order chi connectivity index (χ0) is 41.0. The number of carbonyl (C=O) groups excluding carboxylic acids is 1. The molecule has 6 heterocycles. The third kappa shape index (κ3) is 8.39. The standard InChI is InChI=1S/C45H78O11/c1-25(2)41(47)50-24-44(49-13)30(7)18-27(4)39(55-44)36-19-28(5)40(52-36)42(10)17-16-37(54-42)43(11)22-31(8)45(56-43)32(9)35(48-12)21-34(53-45)20-33-15-14-26(3)38(51-33)29(6)23-46/h25-40,46H,14-24H2,1-13H3/t26-,27?,28-,29-,30?,31+,32+,33+,34+,35+,36+,37+,38+,39-,40+,42-,43-,44-,45?/m0/s1. The van der Waals surface area contributed by atoms with E-state index >= 15 is 0 Å². The number of ether oxygens (including phenoxy) is 9. The Kier molecular flexibility index (Phi) is 13.7. The van der Waals surface area contributed by atoms with Crippen LogP contribution in [0, 0.1) is 47.3 Å². The molecule has 0 aromatic rings. The predicted molar refractivity (Wildman–Crippen MR) is 212 cm³/mol. The van der Waals surface area contributed by atoms with Crippen molar-refractivity contribution >= 4 is 5.97 Å². The summed E-state index contributed by atoms with van der Waals surface area (Å²) in [4.78, 5) is 12.4. The lowest BCUT2D eigenvalue weighted by Gasteiger charge is -2.50. The second-order valence-corrected chi connectivity index (χ2v) is 20.2. The van der Waals surface area contributed by atoms with E-state index < -0.39 is 22.8 Å². The van der Waals surface area contributed by atoms with Gasteiger partial charge < -0.3 is 47.7 Å². The average Bonchev–Trinajstić information content (AvgIpc) is 3.83. The number of aliphatic hydroxyl groups is 1. The van der Waals surface area contributed by atoms with Crippen molar-refractivity contribution in [1.82, 2.24) is 0 Å². The van der Waals surface area contributed by atoms with Crippen molar-refractivity contribution in [1.29, 1.82) is 0 Å². The van der Waals surface area contributed by atoms with Crippen molar-refractivity contribution in [3.63, 3.8) is 0 Å². The van der Waals surface area contributed by atoms with E-state index in [1.54, 1.807) is 7.11 Å². The van der Waals surface area contributed by atoms with Crippen molar-refractivity contribution in [2.75, 3.05) is 27.4 Å². The molecule has 6 aliphatic heterocycles. The van der Waals surface area contributed by atoms with Crippen molar-refractivity contribution in [3.05, 3.63) is 0 Å². The molecule has 0 amide bonds. The zero-order valence-electron chi connectivity index (χ0n) is 37.0. The molecular weight excluding hydrogens is 716 g/mol. The van der Waals surface area contributed by atoms with Crippen LogP contribution in [-0.2, 0) is 47.4 Å². The van der Waals surface area contributed by atoms with Gasteiger partial charge in [-0.2, -0.15) is 0 Å². The molecule has 0 aliphatic carbocycles. The van der Waals surface area contributed by atoms with Gasteiger partial charge in [-0.05, 0) is 76.5 Å². The summed E-state index contributed by atoms with van der Waals surface area (Å²) in [5.41, 5.74) is -1.04. The van der Waals surface area contributed by atoms with E-state index in [0.717, 1.165) is 57.8 Å². The minimum atomic E-state index is -1.02. The van der Waals surface area contributed by atoms with Gasteiger partial charge in [0.15, 0.2) is 5.79 Å². The smallest absolute Gasteiger partial charge is 0.308 e. The minimum Gasteiger partial charge on any atom is -0.460 e. The second-order valence-electron chi connectivity index (χ2n) is 20.2. The predicted octanol–water partition coefficient (Wildman–Crippen LogP) is 7.47. The van der Waals surface area contributed by atoms with Gasteiger partial charge in [-0.1, -0.05) is 62.3 Å². The molecule has 11 heteroatoms. The van der Waals surface area contributed by atoms with Gasteiger partial charge in [-0.15, -0.1) is 0 Å². The van der Waals surface area contributed by atoms with E-state index in [1.807, 2.05) is 21.0 Å². The summed E-state index contributed by atoms with van der Waals surface area (Å²) >= 11 is 0. The molecule has 6 fully saturated rings. The Morgan fingerprint density at radius 1 is 0.821 bits per heavy atom. The van der Waals surface area contributed by atoms with E-state index in [9.17, 15) is 9.90 Å². The molecule has 6 saturated heterocycles. The number of rotatable bonds is 12. The first-order valence-electron chi connectivity index (χ1n) is 22.2. The lowest BCUT2D eigenvalue weighted by molar-refractivity contribution is -0.353. The van der Waals surface area contributed by atoms with E-state index in [1.165, 1.54) is 0 Å². The van der Waals surface area contributed by atoms with Crippen molar-refractivity contribution in [2.45, 2.75) is 206 Å². The molecule has 56 heavy (non-hydrogen) atoms. The fraction of sp³-hybridized carbons (Fsp3) is 0.978.